The van der Waals surface area contributed by atoms with Crippen LogP contribution in [-0.4, -0.2) is 10.8 Å². The van der Waals surface area contributed by atoms with Crippen LogP contribution < -0.4 is 10.6 Å². The van der Waals surface area contributed by atoms with Crippen LogP contribution in [0.3, 0.4) is 0 Å². The number of nitrogens with one attached hydrogen (secondary N) is 2. The van der Waals surface area contributed by atoms with Crippen LogP contribution in [0.5, 0.6) is 0 Å². The Kier molecular flexibility index (Phi) is 5.24. The second-order valence-electron chi connectivity index (χ2n) is 5.65. The van der Waals surface area contributed by atoms with E-state index < -0.39 is 4.92 Å². The Labute approximate surface area is 150 Å². The standard InChI is InChI=1S/C20H17N3O3/c24-20(21-14-15-7-2-1-3-8-15)18-11-4-5-12-19(18)22-16-9-6-10-17(13-16)23(25)26/h1-13,22H,14H2,(H,21,24). The van der Waals surface area contributed by atoms with Crippen molar-refractivity contribution >= 4 is 23.0 Å². The monoisotopic (exact) mass is 347 g/mol. The maximum atomic E-state index is 12.5. The van der Waals surface area contributed by atoms with Gasteiger partial charge in [-0.15, -0.1) is 0 Å². The van der Waals surface area contributed by atoms with Crippen LogP contribution in [0.25, 0.3) is 0 Å². The average molecular weight is 347 g/mol. The van der Waals surface area contributed by atoms with Crippen LogP contribution in [0.1, 0.15) is 15.9 Å². The zero-order valence-electron chi connectivity index (χ0n) is 13.9. The molecule has 3 aromatic carbocycles. The van der Waals surface area contributed by atoms with Gasteiger partial charge in [0.25, 0.3) is 11.6 Å². The van der Waals surface area contributed by atoms with Gasteiger partial charge < -0.3 is 10.6 Å². The van der Waals surface area contributed by atoms with Crippen molar-refractivity contribution in [3.8, 4) is 0 Å². The molecule has 6 heteroatoms. The molecule has 0 spiro atoms. The van der Waals surface area contributed by atoms with Crippen molar-refractivity contribution in [1.29, 1.82) is 0 Å². The van der Waals surface area contributed by atoms with Gasteiger partial charge in [0.15, 0.2) is 0 Å². The predicted molar refractivity (Wildman–Crippen MR) is 100 cm³/mol. The Hall–Kier alpha value is -3.67. The van der Waals surface area contributed by atoms with E-state index >= 15 is 0 Å². The molecule has 6 nitrogen and oxygen atoms in total. The number of hydrogen-bond acceptors (Lipinski definition) is 4. The van der Waals surface area contributed by atoms with Gasteiger partial charge in [0.1, 0.15) is 0 Å². The second-order valence-corrected chi connectivity index (χ2v) is 5.65. The predicted octanol–water partition coefficient (Wildman–Crippen LogP) is 4.27. The minimum absolute atomic E-state index is 0.0130. The summed E-state index contributed by atoms with van der Waals surface area (Å²) in [4.78, 5) is 23.0. The van der Waals surface area contributed by atoms with E-state index in [0.29, 0.717) is 23.5 Å². The van der Waals surface area contributed by atoms with E-state index in [9.17, 15) is 14.9 Å². The SMILES string of the molecule is O=C(NCc1ccccc1)c1ccccc1Nc1cccc([N+](=O)[O-])c1. The minimum atomic E-state index is -0.455. The summed E-state index contributed by atoms with van der Waals surface area (Å²) in [5, 5.41) is 16.9. The molecule has 0 saturated heterocycles. The highest BCUT2D eigenvalue weighted by Crippen LogP contribution is 2.24. The molecule has 2 N–H and O–H groups in total. The second kappa shape index (κ2) is 7.94. The summed E-state index contributed by atoms with van der Waals surface area (Å²) in [6, 6.07) is 22.8. The molecule has 0 heterocycles. The van der Waals surface area contributed by atoms with Gasteiger partial charge >= 0.3 is 0 Å². The topological polar surface area (TPSA) is 84.3 Å². The molecule has 26 heavy (non-hydrogen) atoms. The van der Waals surface area contributed by atoms with E-state index in [4.69, 9.17) is 0 Å². The third-order valence-corrected chi connectivity index (χ3v) is 3.80. The third-order valence-electron chi connectivity index (χ3n) is 3.80. The van der Waals surface area contributed by atoms with E-state index in [0.717, 1.165) is 5.56 Å². The highest BCUT2D eigenvalue weighted by Gasteiger charge is 2.12. The first kappa shape index (κ1) is 17.2. The molecule has 0 aliphatic rings. The molecule has 0 bridgehead atoms. The smallest absolute Gasteiger partial charge is 0.271 e. The number of non-ortho nitro benzene ring substituents is 1. The van der Waals surface area contributed by atoms with Crippen LogP contribution in [0.15, 0.2) is 78.9 Å². The van der Waals surface area contributed by atoms with Crippen molar-refractivity contribution in [2.45, 2.75) is 6.54 Å². The molecule has 0 aliphatic carbocycles. The number of nitro benzene ring substituents is 1. The van der Waals surface area contributed by atoms with Gasteiger partial charge in [-0.05, 0) is 23.8 Å². The average Bonchev–Trinajstić information content (AvgIpc) is 2.67. The van der Waals surface area contributed by atoms with Crippen molar-refractivity contribution in [2.75, 3.05) is 5.32 Å². The van der Waals surface area contributed by atoms with Crippen LogP contribution in [-0.2, 0) is 6.54 Å². The van der Waals surface area contributed by atoms with Gasteiger partial charge in [0.05, 0.1) is 16.2 Å². The van der Waals surface area contributed by atoms with E-state index in [1.807, 2.05) is 30.3 Å². The number of amides is 1. The number of nitrogens with zero attached hydrogens (tertiary/aromatic N) is 1. The van der Waals surface area contributed by atoms with Crippen molar-refractivity contribution in [2.24, 2.45) is 0 Å². The Balaban J connectivity index is 1.76. The molecule has 0 radical (unpaired) electrons. The maximum Gasteiger partial charge on any atom is 0.271 e. The molecule has 0 fully saturated rings. The van der Waals surface area contributed by atoms with Gasteiger partial charge in [-0.25, -0.2) is 0 Å². The Bertz CT molecular complexity index is 926. The Morgan fingerprint density at radius 1 is 0.923 bits per heavy atom. The summed E-state index contributed by atoms with van der Waals surface area (Å²) < 4.78 is 0. The Morgan fingerprint density at radius 2 is 1.65 bits per heavy atom. The van der Waals surface area contributed by atoms with Crippen LogP contribution >= 0.6 is 0 Å². The molecule has 3 rings (SSSR count). The minimum Gasteiger partial charge on any atom is -0.355 e. The van der Waals surface area contributed by atoms with Gasteiger partial charge in [-0.3, -0.25) is 14.9 Å². The summed E-state index contributed by atoms with van der Waals surface area (Å²) in [5.74, 6) is -0.220. The summed E-state index contributed by atoms with van der Waals surface area (Å²) in [7, 11) is 0. The Morgan fingerprint density at radius 3 is 2.42 bits per heavy atom. The normalized spacial score (nSPS) is 10.2. The van der Waals surface area contributed by atoms with E-state index in [-0.39, 0.29) is 11.6 Å². The van der Waals surface area contributed by atoms with Crippen LogP contribution in [0.4, 0.5) is 17.1 Å². The molecule has 1 amide bonds. The summed E-state index contributed by atoms with van der Waals surface area (Å²) in [6.45, 7) is 0.421. The lowest BCUT2D eigenvalue weighted by molar-refractivity contribution is -0.384. The quantitative estimate of drug-likeness (QED) is 0.515. The van der Waals surface area contributed by atoms with Crippen molar-refractivity contribution < 1.29 is 9.72 Å². The molecular weight excluding hydrogens is 330 g/mol. The number of anilines is 2. The molecule has 0 unspecified atom stereocenters. The van der Waals surface area contributed by atoms with Gasteiger partial charge in [-0.1, -0.05) is 48.5 Å². The fraction of sp³-hybridized carbons (Fsp3) is 0.0500. The lowest BCUT2D eigenvalue weighted by atomic mass is 10.1. The first-order chi connectivity index (χ1) is 12.6. The fourth-order valence-electron chi connectivity index (χ4n) is 2.52. The lowest BCUT2D eigenvalue weighted by Gasteiger charge is -2.12. The van der Waals surface area contributed by atoms with E-state index in [1.165, 1.54) is 12.1 Å². The zero-order valence-corrected chi connectivity index (χ0v) is 13.9. The number of hydrogen-bond donors (Lipinski definition) is 2. The van der Waals surface area contributed by atoms with Crippen molar-refractivity contribution in [3.05, 3.63) is 100 Å². The molecule has 130 valence electrons. The molecule has 0 aliphatic heterocycles. The first-order valence-electron chi connectivity index (χ1n) is 8.06. The summed E-state index contributed by atoms with van der Waals surface area (Å²) >= 11 is 0. The van der Waals surface area contributed by atoms with E-state index in [1.54, 1.807) is 36.4 Å². The molecule has 0 atom stereocenters. The summed E-state index contributed by atoms with van der Waals surface area (Å²) in [5.41, 5.74) is 2.59. The number of rotatable bonds is 6. The van der Waals surface area contributed by atoms with Crippen molar-refractivity contribution in [3.63, 3.8) is 0 Å². The molecular formula is C20H17N3O3. The molecule has 0 aromatic heterocycles. The number of benzene rings is 3. The van der Waals surface area contributed by atoms with Gasteiger partial charge in [-0.2, -0.15) is 0 Å². The number of nitro groups is 1. The number of carbonyl (C=O) groups is 1. The fourth-order valence-corrected chi connectivity index (χ4v) is 2.52. The molecule has 0 saturated carbocycles. The van der Waals surface area contributed by atoms with E-state index in [2.05, 4.69) is 10.6 Å². The molecule has 3 aromatic rings. The summed E-state index contributed by atoms with van der Waals surface area (Å²) in [6.07, 6.45) is 0. The highest BCUT2D eigenvalue weighted by molar-refractivity contribution is 6.00. The first-order valence-corrected chi connectivity index (χ1v) is 8.06. The zero-order chi connectivity index (χ0) is 18.4. The highest BCUT2D eigenvalue weighted by atomic mass is 16.6. The van der Waals surface area contributed by atoms with Crippen LogP contribution in [0.2, 0.25) is 0 Å². The largest absolute Gasteiger partial charge is 0.355 e. The van der Waals surface area contributed by atoms with Crippen molar-refractivity contribution in [1.82, 2.24) is 5.32 Å². The lowest BCUT2D eigenvalue weighted by Crippen LogP contribution is -2.23. The number of carbonyl (C=O) groups excluding carboxylic acids is 1. The van der Waals surface area contributed by atoms with Crippen LogP contribution in [0, 0.1) is 10.1 Å². The van der Waals surface area contributed by atoms with Gasteiger partial charge in [0.2, 0.25) is 0 Å². The maximum absolute atomic E-state index is 12.5. The van der Waals surface area contributed by atoms with Gasteiger partial charge in [0, 0.05) is 24.4 Å². The third kappa shape index (κ3) is 4.24. The number of para-hydroxylation sites is 1.